The van der Waals surface area contributed by atoms with E-state index in [-0.39, 0.29) is 0 Å². The highest BCUT2D eigenvalue weighted by atomic mass is 16.5. The highest BCUT2D eigenvalue weighted by Crippen LogP contribution is 2.29. The Kier molecular flexibility index (Phi) is 8.91. The van der Waals surface area contributed by atoms with Gasteiger partial charge < -0.3 is 15.2 Å². The van der Waals surface area contributed by atoms with E-state index in [1.54, 1.807) is 0 Å². The minimum absolute atomic E-state index is 0.327. The van der Waals surface area contributed by atoms with Gasteiger partial charge in [-0.3, -0.25) is 0 Å². The molecule has 1 atom stereocenters. The highest BCUT2D eigenvalue weighted by molar-refractivity contribution is 5.43. The smallest absolute Gasteiger partial charge is 0.161 e. The van der Waals surface area contributed by atoms with Crippen LogP contribution in [0.15, 0.2) is 18.2 Å². The molecule has 2 N–H and O–H groups in total. The normalized spacial score (nSPS) is 12.2. The number of hydrogen-bond donors (Lipinski definition) is 1. The first-order valence-electron chi connectivity index (χ1n) is 8.35. The minimum Gasteiger partial charge on any atom is -0.490 e. The van der Waals surface area contributed by atoms with Crippen LogP contribution in [0, 0.1) is 0 Å². The largest absolute Gasteiger partial charge is 0.490 e. The van der Waals surface area contributed by atoms with Gasteiger partial charge in [-0.25, -0.2) is 0 Å². The lowest BCUT2D eigenvalue weighted by atomic mass is 10.0. The first kappa shape index (κ1) is 17.8. The Morgan fingerprint density at radius 3 is 2.29 bits per heavy atom. The van der Waals surface area contributed by atoms with Crippen LogP contribution in [-0.2, 0) is 6.42 Å². The van der Waals surface area contributed by atoms with Gasteiger partial charge in [0.1, 0.15) is 0 Å². The van der Waals surface area contributed by atoms with E-state index >= 15 is 0 Å². The first-order chi connectivity index (χ1) is 10.2. The maximum absolute atomic E-state index is 5.97. The van der Waals surface area contributed by atoms with E-state index in [2.05, 4.69) is 32.9 Å². The van der Waals surface area contributed by atoms with E-state index in [9.17, 15) is 0 Å². The predicted molar refractivity (Wildman–Crippen MR) is 89.2 cm³/mol. The van der Waals surface area contributed by atoms with Gasteiger partial charge in [0.05, 0.1) is 13.2 Å². The molecule has 0 amide bonds. The summed E-state index contributed by atoms with van der Waals surface area (Å²) in [6.45, 7) is 7.82. The lowest BCUT2D eigenvalue weighted by Crippen LogP contribution is -2.18. The Balaban J connectivity index is 2.63. The fourth-order valence-electron chi connectivity index (χ4n) is 2.14. The molecule has 0 saturated heterocycles. The van der Waals surface area contributed by atoms with Crippen molar-refractivity contribution in [2.45, 2.75) is 65.3 Å². The Morgan fingerprint density at radius 1 is 1.00 bits per heavy atom. The van der Waals surface area contributed by atoms with Crippen LogP contribution in [0.1, 0.15) is 58.4 Å². The average molecular weight is 293 g/mol. The molecule has 0 fully saturated rings. The van der Waals surface area contributed by atoms with Crippen LogP contribution in [0.4, 0.5) is 0 Å². The van der Waals surface area contributed by atoms with Crippen molar-refractivity contribution >= 4 is 0 Å². The van der Waals surface area contributed by atoms with Crippen molar-refractivity contribution in [3.63, 3.8) is 0 Å². The summed E-state index contributed by atoms with van der Waals surface area (Å²) in [4.78, 5) is 0. The summed E-state index contributed by atoms with van der Waals surface area (Å²) in [7, 11) is 0. The molecule has 0 heterocycles. The topological polar surface area (TPSA) is 44.5 Å². The third kappa shape index (κ3) is 6.85. The monoisotopic (exact) mass is 293 g/mol. The summed E-state index contributed by atoms with van der Waals surface area (Å²) in [5, 5.41) is 0. The third-order valence-corrected chi connectivity index (χ3v) is 3.50. The Labute approximate surface area is 129 Å². The Morgan fingerprint density at radius 2 is 1.67 bits per heavy atom. The van der Waals surface area contributed by atoms with Gasteiger partial charge in [0.2, 0.25) is 0 Å². The molecule has 120 valence electrons. The van der Waals surface area contributed by atoms with Gasteiger partial charge in [0, 0.05) is 6.04 Å². The first-order valence-corrected chi connectivity index (χ1v) is 8.35. The molecule has 0 aliphatic heterocycles. The lowest BCUT2D eigenvalue weighted by molar-refractivity contribution is 0.268. The van der Waals surface area contributed by atoms with E-state index in [1.807, 2.05) is 6.07 Å². The van der Waals surface area contributed by atoms with Crippen LogP contribution in [0.25, 0.3) is 0 Å². The summed E-state index contributed by atoms with van der Waals surface area (Å²) in [5.74, 6) is 1.74. The van der Waals surface area contributed by atoms with E-state index < -0.39 is 0 Å². The summed E-state index contributed by atoms with van der Waals surface area (Å²) in [6.07, 6.45) is 6.30. The standard InChI is InChI=1S/C18H31NO2/c1-4-12-20-17-11-10-15(8-7-9-16(19)6-3)14-18(17)21-13-5-2/h10-11,14,16H,4-9,12-13,19H2,1-3H3. The zero-order chi connectivity index (χ0) is 15.5. The van der Waals surface area contributed by atoms with Crippen LogP contribution in [0.2, 0.25) is 0 Å². The van der Waals surface area contributed by atoms with E-state index in [4.69, 9.17) is 15.2 Å². The second kappa shape index (κ2) is 10.5. The van der Waals surface area contributed by atoms with Gasteiger partial charge in [-0.2, -0.15) is 0 Å². The third-order valence-electron chi connectivity index (χ3n) is 3.50. The van der Waals surface area contributed by atoms with Crippen molar-refractivity contribution in [1.82, 2.24) is 0 Å². The molecule has 0 aliphatic rings. The molecule has 0 bridgehead atoms. The molecule has 0 aromatic heterocycles. The Hall–Kier alpha value is -1.22. The van der Waals surface area contributed by atoms with Gasteiger partial charge in [0.15, 0.2) is 11.5 Å². The number of nitrogens with two attached hydrogens (primary N) is 1. The van der Waals surface area contributed by atoms with Crippen LogP contribution in [0.5, 0.6) is 11.5 Å². The SMILES string of the molecule is CCCOc1ccc(CCCC(N)CC)cc1OCCC. The molecular weight excluding hydrogens is 262 g/mol. The van der Waals surface area contributed by atoms with Crippen LogP contribution >= 0.6 is 0 Å². The molecule has 0 saturated carbocycles. The van der Waals surface area contributed by atoms with Crippen LogP contribution < -0.4 is 15.2 Å². The maximum atomic E-state index is 5.97. The highest BCUT2D eigenvalue weighted by Gasteiger charge is 2.07. The zero-order valence-electron chi connectivity index (χ0n) is 13.9. The summed E-state index contributed by atoms with van der Waals surface area (Å²) < 4.78 is 11.6. The maximum Gasteiger partial charge on any atom is 0.161 e. The van der Waals surface area contributed by atoms with Gasteiger partial charge >= 0.3 is 0 Å². The van der Waals surface area contributed by atoms with Gasteiger partial charge in [-0.15, -0.1) is 0 Å². The molecule has 0 aliphatic carbocycles. The second-order valence-corrected chi connectivity index (χ2v) is 5.54. The minimum atomic E-state index is 0.327. The van der Waals surface area contributed by atoms with Crippen molar-refractivity contribution in [2.75, 3.05) is 13.2 Å². The molecule has 1 rings (SSSR count). The summed E-state index contributed by atoms with van der Waals surface area (Å²) >= 11 is 0. The molecule has 1 unspecified atom stereocenters. The van der Waals surface area contributed by atoms with Gasteiger partial charge in [-0.05, 0) is 56.2 Å². The Bertz CT molecular complexity index is 393. The fourth-order valence-corrected chi connectivity index (χ4v) is 2.14. The molecule has 3 heteroatoms. The van der Waals surface area contributed by atoms with Crippen LogP contribution in [-0.4, -0.2) is 19.3 Å². The van der Waals surface area contributed by atoms with E-state index in [0.29, 0.717) is 6.04 Å². The van der Waals surface area contributed by atoms with Crippen LogP contribution in [0.3, 0.4) is 0 Å². The number of aryl methyl sites for hydroxylation is 1. The molecular formula is C18H31NO2. The van der Waals surface area contributed by atoms with E-state index in [1.165, 1.54) is 5.56 Å². The van der Waals surface area contributed by atoms with Crippen molar-refractivity contribution in [2.24, 2.45) is 5.73 Å². The van der Waals surface area contributed by atoms with Crippen molar-refractivity contribution in [3.05, 3.63) is 23.8 Å². The van der Waals surface area contributed by atoms with Gasteiger partial charge in [0.25, 0.3) is 0 Å². The predicted octanol–water partition coefficient (Wildman–Crippen LogP) is 4.32. The molecule has 1 aromatic rings. The second-order valence-electron chi connectivity index (χ2n) is 5.54. The lowest BCUT2D eigenvalue weighted by Gasteiger charge is -2.14. The zero-order valence-corrected chi connectivity index (χ0v) is 13.9. The molecule has 3 nitrogen and oxygen atoms in total. The van der Waals surface area contributed by atoms with Crippen molar-refractivity contribution in [3.8, 4) is 11.5 Å². The molecule has 1 aromatic carbocycles. The molecule has 0 radical (unpaired) electrons. The quantitative estimate of drug-likeness (QED) is 0.660. The summed E-state index contributed by atoms with van der Waals surface area (Å²) in [5.41, 5.74) is 7.27. The van der Waals surface area contributed by atoms with Crippen molar-refractivity contribution in [1.29, 1.82) is 0 Å². The number of ether oxygens (including phenoxy) is 2. The van der Waals surface area contributed by atoms with Gasteiger partial charge in [-0.1, -0.05) is 26.8 Å². The number of hydrogen-bond acceptors (Lipinski definition) is 3. The number of rotatable bonds is 11. The molecule has 21 heavy (non-hydrogen) atoms. The summed E-state index contributed by atoms with van der Waals surface area (Å²) in [6, 6.07) is 6.63. The molecule has 0 spiro atoms. The van der Waals surface area contributed by atoms with Crippen molar-refractivity contribution < 1.29 is 9.47 Å². The fraction of sp³-hybridized carbons (Fsp3) is 0.667. The number of benzene rings is 1. The van der Waals surface area contributed by atoms with E-state index in [0.717, 1.165) is 63.2 Å². The average Bonchev–Trinajstić information content (AvgIpc) is 2.51.